The lowest BCUT2D eigenvalue weighted by molar-refractivity contribution is 0.0932. The number of anilines is 1. The fraction of sp³-hybridized carbons (Fsp3) is 0.421. The number of benzene rings is 1. The van der Waals surface area contributed by atoms with E-state index in [0.29, 0.717) is 24.7 Å². The van der Waals surface area contributed by atoms with Gasteiger partial charge in [-0.15, -0.1) is 0 Å². The monoisotopic (exact) mass is 356 g/mol. The van der Waals surface area contributed by atoms with Crippen LogP contribution in [0, 0.1) is 0 Å². The molecule has 26 heavy (non-hydrogen) atoms. The molecular formula is C19H24N4O3. The number of hydrogen-bond acceptors (Lipinski definition) is 6. The minimum atomic E-state index is -0.142. The maximum Gasteiger partial charge on any atom is 0.270 e. The second-order valence-electron chi connectivity index (χ2n) is 6.19. The average molecular weight is 356 g/mol. The lowest BCUT2D eigenvalue weighted by Gasteiger charge is -2.12. The smallest absolute Gasteiger partial charge is 0.270 e. The van der Waals surface area contributed by atoms with Crippen LogP contribution in [0.15, 0.2) is 36.7 Å². The molecule has 1 aromatic heterocycles. The lowest BCUT2D eigenvalue weighted by Crippen LogP contribution is -2.33. The molecule has 1 aliphatic rings. The Morgan fingerprint density at radius 3 is 2.62 bits per heavy atom. The van der Waals surface area contributed by atoms with E-state index in [1.165, 1.54) is 19.2 Å². The number of hydrogen-bond donors (Lipinski definition) is 2. The Hall–Kier alpha value is -2.83. The van der Waals surface area contributed by atoms with Crippen molar-refractivity contribution in [3.05, 3.63) is 42.4 Å². The van der Waals surface area contributed by atoms with Crippen molar-refractivity contribution < 1.29 is 14.3 Å². The molecule has 0 radical (unpaired) electrons. The Morgan fingerprint density at radius 1 is 1.15 bits per heavy atom. The Labute approximate surface area is 153 Å². The van der Waals surface area contributed by atoms with Crippen LogP contribution in [0.5, 0.6) is 11.5 Å². The molecule has 1 amide bonds. The zero-order chi connectivity index (χ0) is 18.2. The third kappa shape index (κ3) is 5.08. The summed E-state index contributed by atoms with van der Waals surface area (Å²) in [6, 6.07) is 9.35. The first-order chi connectivity index (χ1) is 12.7. The molecule has 0 aliphatic heterocycles. The lowest BCUT2D eigenvalue weighted by atomic mass is 10.2. The van der Waals surface area contributed by atoms with Crippen molar-refractivity contribution in [2.45, 2.75) is 31.7 Å². The van der Waals surface area contributed by atoms with Crippen molar-refractivity contribution in [3.8, 4) is 11.5 Å². The molecule has 1 saturated carbocycles. The topological polar surface area (TPSA) is 85.4 Å². The van der Waals surface area contributed by atoms with Crippen LogP contribution in [-0.4, -0.2) is 42.2 Å². The number of amides is 1. The Kier molecular flexibility index (Phi) is 6.24. The van der Waals surface area contributed by atoms with Gasteiger partial charge in [-0.05, 0) is 37.1 Å². The van der Waals surface area contributed by atoms with Crippen LogP contribution in [0.2, 0.25) is 0 Å². The van der Waals surface area contributed by atoms with E-state index in [2.05, 4.69) is 20.6 Å². The van der Waals surface area contributed by atoms with Gasteiger partial charge in [0.1, 0.15) is 35.9 Å². The van der Waals surface area contributed by atoms with Crippen LogP contribution in [0.4, 0.5) is 5.82 Å². The molecule has 138 valence electrons. The van der Waals surface area contributed by atoms with Crippen LogP contribution < -0.4 is 20.1 Å². The molecule has 1 fully saturated rings. The predicted octanol–water partition coefficient (Wildman–Crippen LogP) is 2.65. The molecule has 2 aromatic rings. The van der Waals surface area contributed by atoms with E-state index in [0.717, 1.165) is 24.3 Å². The number of carbonyl (C=O) groups excluding carboxylic acids is 1. The number of carbonyl (C=O) groups is 1. The molecule has 3 rings (SSSR count). The van der Waals surface area contributed by atoms with E-state index in [-0.39, 0.29) is 11.9 Å². The van der Waals surface area contributed by atoms with Gasteiger partial charge < -0.3 is 20.1 Å². The molecule has 7 nitrogen and oxygen atoms in total. The van der Waals surface area contributed by atoms with Crippen molar-refractivity contribution in [1.82, 2.24) is 15.3 Å². The highest BCUT2D eigenvalue weighted by molar-refractivity contribution is 5.93. The summed E-state index contributed by atoms with van der Waals surface area (Å²) in [5.74, 6) is 2.03. The van der Waals surface area contributed by atoms with E-state index in [1.54, 1.807) is 13.2 Å². The van der Waals surface area contributed by atoms with Crippen LogP contribution in [0.1, 0.15) is 36.2 Å². The minimum absolute atomic E-state index is 0.142. The molecule has 1 heterocycles. The minimum Gasteiger partial charge on any atom is -0.497 e. The molecule has 0 bridgehead atoms. The third-order valence-electron chi connectivity index (χ3n) is 4.33. The molecular weight excluding hydrogens is 332 g/mol. The summed E-state index contributed by atoms with van der Waals surface area (Å²) >= 11 is 0. The van der Waals surface area contributed by atoms with Gasteiger partial charge in [-0.25, -0.2) is 9.97 Å². The number of aromatic nitrogens is 2. The summed E-state index contributed by atoms with van der Waals surface area (Å²) in [7, 11) is 1.63. The quantitative estimate of drug-likeness (QED) is 0.707. The molecule has 7 heteroatoms. The summed E-state index contributed by atoms with van der Waals surface area (Å²) in [4.78, 5) is 20.5. The standard InChI is InChI=1S/C19H24N4O3/c1-25-15-6-8-16(9-7-15)26-11-10-20-18-12-17(21-13-22-18)19(24)23-14-4-2-3-5-14/h6-9,12-14H,2-5,10-11H2,1H3,(H,23,24)(H,20,21,22). The molecule has 0 unspecified atom stereocenters. The number of nitrogens with zero attached hydrogens (tertiary/aromatic N) is 2. The van der Waals surface area contributed by atoms with Gasteiger partial charge in [0.2, 0.25) is 0 Å². The number of ether oxygens (including phenoxy) is 2. The van der Waals surface area contributed by atoms with Crippen molar-refractivity contribution in [3.63, 3.8) is 0 Å². The van der Waals surface area contributed by atoms with Gasteiger partial charge >= 0.3 is 0 Å². The second-order valence-corrected chi connectivity index (χ2v) is 6.19. The normalized spacial score (nSPS) is 14.0. The highest BCUT2D eigenvalue weighted by Gasteiger charge is 2.18. The van der Waals surface area contributed by atoms with Gasteiger partial charge in [0.25, 0.3) is 5.91 Å². The van der Waals surface area contributed by atoms with Crippen molar-refractivity contribution in [2.24, 2.45) is 0 Å². The summed E-state index contributed by atoms with van der Waals surface area (Å²) in [6.45, 7) is 1.03. The molecule has 0 spiro atoms. The molecule has 2 N–H and O–H groups in total. The second kappa shape index (κ2) is 9.03. The van der Waals surface area contributed by atoms with Crippen LogP contribution in [0.25, 0.3) is 0 Å². The number of methoxy groups -OCH3 is 1. The van der Waals surface area contributed by atoms with Crippen molar-refractivity contribution in [2.75, 3.05) is 25.6 Å². The molecule has 1 aromatic carbocycles. The predicted molar refractivity (Wildman–Crippen MR) is 98.7 cm³/mol. The van der Waals surface area contributed by atoms with Gasteiger partial charge in [-0.1, -0.05) is 12.8 Å². The van der Waals surface area contributed by atoms with Crippen molar-refractivity contribution in [1.29, 1.82) is 0 Å². The average Bonchev–Trinajstić information content (AvgIpc) is 3.19. The summed E-state index contributed by atoms with van der Waals surface area (Å²) in [5.41, 5.74) is 0.380. The summed E-state index contributed by atoms with van der Waals surface area (Å²) in [6.07, 6.45) is 5.84. The largest absolute Gasteiger partial charge is 0.497 e. The van der Waals surface area contributed by atoms with Gasteiger partial charge in [0.15, 0.2) is 0 Å². The fourth-order valence-corrected chi connectivity index (χ4v) is 2.93. The zero-order valence-corrected chi connectivity index (χ0v) is 14.9. The Bertz CT molecular complexity index is 715. The highest BCUT2D eigenvalue weighted by Crippen LogP contribution is 2.18. The molecule has 0 saturated heterocycles. The Balaban J connectivity index is 1.44. The molecule has 1 aliphatic carbocycles. The van der Waals surface area contributed by atoms with Crippen LogP contribution >= 0.6 is 0 Å². The van der Waals surface area contributed by atoms with Crippen molar-refractivity contribution >= 4 is 11.7 Å². The van der Waals surface area contributed by atoms with Gasteiger partial charge in [-0.2, -0.15) is 0 Å². The van der Waals surface area contributed by atoms with E-state index >= 15 is 0 Å². The number of rotatable bonds is 8. The maximum absolute atomic E-state index is 12.3. The maximum atomic E-state index is 12.3. The van der Waals surface area contributed by atoms with E-state index in [9.17, 15) is 4.79 Å². The first kappa shape index (κ1) is 18.0. The Morgan fingerprint density at radius 2 is 1.88 bits per heavy atom. The van der Waals surface area contributed by atoms with Crippen LogP contribution in [0.3, 0.4) is 0 Å². The van der Waals surface area contributed by atoms with E-state index < -0.39 is 0 Å². The van der Waals surface area contributed by atoms with Gasteiger partial charge in [-0.3, -0.25) is 4.79 Å². The fourth-order valence-electron chi connectivity index (χ4n) is 2.93. The third-order valence-corrected chi connectivity index (χ3v) is 4.33. The first-order valence-corrected chi connectivity index (χ1v) is 8.88. The van der Waals surface area contributed by atoms with E-state index in [1.807, 2.05) is 24.3 Å². The van der Waals surface area contributed by atoms with Crippen LogP contribution in [-0.2, 0) is 0 Å². The summed E-state index contributed by atoms with van der Waals surface area (Å²) < 4.78 is 10.8. The number of nitrogens with one attached hydrogen (secondary N) is 2. The highest BCUT2D eigenvalue weighted by atomic mass is 16.5. The van der Waals surface area contributed by atoms with Gasteiger partial charge in [0, 0.05) is 12.1 Å². The van der Waals surface area contributed by atoms with Gasteiger partial charge in [0.05, 0.1) is 13.7 Å². The SMILES string of the molecule is COc1ccc(OCCNc2cc(C(=O)NC3CCCC3)ncn2)cc1. The van der Waals surface area contributed by atoms with E-state index in [4.69, 9.17) is 9.47 Å². The molecule has 0 atom stereocenters. The first-order valence-electron chi connectivity index (χ1n) is 8.88. The summed E-state index contributed by atoms with van der Waals surface area (Å²) in [5, 5.41) is 6.17. The zero-order valence-electron chi connectivity index (χ0n) is 14.9.